The Morgan fingerprint density at radius 3 is 2.62 bits per heavy atom. The molecule has 21 heavy (non-hydrogen) atoms. The third-order valence-corrected chi connectivity index (χ3v) is 4.28. The van der Waals surface area contributed by atoms with Crippen LogP contribution in [-0.2, 0) is 6.54 Å². The molecule has 1 aliphatic carbocycles. The van der Waals surface area contributed by atoms with Gasteiger partial charge in [-0.2, -0.15) is 0 Å². The van der Waals surface area contributed by atoms with Crippen molar-refractivity contribution in [3.8, 4) is 5.75 Å². The van der Waals surface area contributed by atoms with E-state index in [1.165, 1.54) is 5.56 Å². The van der Waals surface area contributed by atoms with E-state index in [2.05, 4.69) is 31.0 Å². The molecule has 116 valence electrons. The maximum absolute atomic E-state index is 10.5. The molecule has 1 aromatic rings. The van der Waals surface area contributed by atoms with Gasteiger partial charge in [-0.05, 0) is 49.3 Å². The first-order valence-electron chi connectivity index (χ1n) is 7.87. The smallest absolute Gasteiger partial charge is 0.119 e. The summed E-state index contributed by atoms with van der Waals surface area (Å²) in [5.74, 6) is 1.62. The molecule has 0 radical (unpaired) electrons. The lowest BCUT2D eigenvalue weighted by Crippen LogP contribution is -2.43. The van der Waals surface area contributed by atoms with Crippen LogP contribution in [0.25, 0.3) is 0 Å². The van der Waals surface area contributed by atoms with E-state index in [0.717, 1.165) is 43.9 Å². The molecule has 0 bridgehead atoms. The monoisotopic (exact) mass is 289 g/mol. The SMILES string of the molecule is C=CCOc1ccc(CNCC2(O)CCC(C)CC2)cc1. The zero-order chi connectivity index (χ0) is 15.1. The van der Waals surface area contributed by atoms with Crippen LogP contribution >= 0.6 is 0 Å². The van der Waals surface area contributed by atoms with Gasteiger partial charge < -0.3 is 15.2 Å². The van der Waals surface area contributed by atoms with Crippen LogP contribution < -0.4 is 10.1 Å². The molecular weight excluding hydrogens is 262 g/mol. The molecule has 0 aromatic heterocycles. The fourth-order valence-electron chi connectivity index (χ4n) is 2.77. The Labute approximate surface area is 128 Å². The summed E-state index contributed by atoms with van der Waals surface area (Å²) < 4.78 is 5.46. The Morgan fingerprint density at radius 1 is 1.33 bits per heavy atom. The van der Waals surface area contributed by atoms with Crippen LogP contribution in [-0.4, -0.2) is 23.9 Å². The largest absolute Gasteiger partial charge is 0.490 e. The highest BCUT2D eigenvalue weighted by Gasteiger charge is 2.31. The lowest BCUT2D eigenvalue weighted by molar-refractivity contribution is -0.00630. The van der Waals surface area contributed by atoms with Gasteiger partial charge in [0.1, 0.15) is 12.4 Å². The second kappa shape index (κ2) is 7.62. The Hall–Kier alpha value is -1.32. The maximum atomic E-state index is 10.5. The van der Waals surface area contributed by atoms with Crippen LogP contribution in [0, 0.1) is 5.92 Å². The Kier molecular flexibility index (Phi) is 5.83. The molecule has 0 unspecified atom stereocenters. The van der Waals surface area contributed by atoms with E-state index >= 15 is 0 Å². The van der Waals surface area contributed by atoms with E-state index in [-0.39, 0.29) is 0 Å². The van der Waals surface area contributed by atoms with E-state index in [1.54, 1.807) is 6.08 Å². The van der Waals surface area contributed by atoms with Crippen LogP contribution in [0.15, 0.2) is 36.9 Å². The number of ether oxygens (including phenoxy) is 1. The van der Waals surface area contributed by atoms with Gasteiger partial charge in [-0.1, -0.05) is 31.7 Å². The number of rotatable bonds is 7. The second-order valence-electron chi connectivity index (χ2n) is 6.25. The average molecular weight is 289 g/mol. The predicted molar refractivity (Wildman–Crippen MR) is 86.4 cm³/mol. The highest BCUT2D eigenvalue weighted by molar-refractivity contribution is 5.27. The molecule has 0 spiro atoms. The Morgan fingerprint density at radius 2 is 2.00 bits per heavy atom. The molecular formula is C18H27NO2. The van der Waals surface area contributed by atoms with Gasteiger partial charge in [0.2, 0.25) is 0 Å². The molecule has 3 heteroatoms. The van der Waals surface area contributed by atoms with Crippen LogP contribution in [0.4, 0.5) is 0 Å². The normalized spacial score (nSPS) is 25.5. The van der Waals surface area contributed by atoms with Gasteiger partial charge in [-0.15, -0.1) is 0 Å². The summed E-state index contributed by atoms with van der Waals surface area (Å²) in [6, 6.07) is 8.05. The van der Waals surface area contributed by atoms with Gasteiger partial charge in [-0.3, -0.25) is 0 Å². The van der Waals surface area contributed by atoms with Crippen molar-refractivity contribution in [2.45, 2.75) is 44.8 Å². The molecule has 3 nitrogen and oxygen atoms in total. The Balaban J connectivity index is 1.74. The molecule has 2 N–H and O–H groups in total. The van der Waals surface area contributed by atoms with Crippen molar-refractivity contribution < 1.29 is 9.84 Å². The number of hydrogen-bond donors (Lipinski definition) is 2. The molecule has 2 rings (SSSR count). The first kappa shape index (κ1) is 16.1. The van der Waals surface area contributed by atoms with E-state index in [1.807, 2.05) is 12.1 Å². The zero-order valence-electron chi connectivity index (χ0n) is 13.0. The molecule has 1 saturated carbocycles. The van der Waals surface area contributed by atoms with Gasteiger partial charge in [0.15, 0.2) is 0 Å². The second-order valence-corrected chi connectivity index (χ2v) is 6.25. The molecule has 0 amide bonds. The van der Waals surface area contributed by atoms with Crippen molar-refractivity contribution in [2.75, 3.05) is 13.2 Å². The molecule has 0 atom stereocenters. The Bertz CT molecular complexity index is 433. The first-order chi connectivity index (χ1) is 10.1. The van der Waals surface area contributed by atoms with Gasteiger partial charge in [0.25, 0.3) is 0 Å². The average Bonchev–Trinajstić information content (AvgIpc) is 2.50. The molecule has 1 aromatic carbocycles. The lowest BCUT2D eigenvalue weighted by atomic mass is 9.79. The summed E-state index contributed by atoms with van der Waals surface area (Å²) in [6.45, 7) is 7.88. The third kappa shape index (κ3) is 5.18. The molecule has 1 fully saturated rings. The summed E-state index contributed by atoms with van der Waals surface area (Å²) in [4.78, 5) is 0. The van der Waals surface area contributed by atoms with Gasteiger partial charge in [0, 0.05) is 13.1 Å². The maximum Gasteiger partial charge on any atom is 0.119 e. The predicted octanol–water partition coefficient (Wildman–Crippen LogP) is 3.28. The molecule has 0 heterocycles. The minimum atomic E-state index is -0.514. The molecule has 0 aliphatic heterocycles. The van der Waals surface area contributed by atoms with Crippen LogP contribution in [0.3, 0.4) is 0 Å². The molecule has 0 saturated heterocycles. The van der Waals surface area contributed by atoms with E-state index in [4.69, 9.17) is 4.74 Å². The standard InChI is InChI=1S/C18H27NO2/c1-3-12-21-17-6-4-16(5-7-17)13-19-14-18(20)10-8-15(2)9-11-18/h3-7,15,19-20H,1,8-14H2,2H3. The number of hydrogen-bond acceptors (Lipinski definition) is 3. The van der Waals surface area contributed by atoms with Gasteiger partial charge in [-0.25, -0.2) is 0 Å². The zero-order valence-corrected chi connectivity index (χ0v) is 13.0. The third-order valence-electron chi connectivity index (χ3n) is 4.28. The number of aliphatic hydroxyl groups is 1. The minimum Gasteiger partial charge on any atom is -0.490 e. The van der Waals surface area contributed by atoms with Crippen LogP contribution in [0.1, 0.15) is 38.2 Å². The fourth-order valence-corrected chi connectivity index (χ4v) is 2.77. The summed E-state index contributed by atoms with van der Waals surface area (Å²) >= 11 is 0. The van der Waals surface area contributed by atoms with Crippen molar-refractivity contribution in [2.24, 2.45) is 5.92 Å². The van der Waals surface area contributed by atoms with Crippen molar-refractivity contribution >= 4 is 0 Å². The summed E-state index contributed by atoms with van der Waals surface area (Å²) in [5, 5.41) is 13.9. The van der Waals surface area contributed by atoms with Crippen LogP contribution in [0.2, 0.25) is 0 Å². The van der Waals surface area contributed by atoms with Gasteiger partial charge >= 0.3 is 0 Å². The quantitative estimate of drug-likeness (QED) is 0.757. The first-order valence-corrected chi connectivity index (χ1v) is 7.87. The highest BCUT2D eigenvalue weighted by atomic mass is 16.5. The van der Waals surface area contributed by atoms with Crippen molar-refractivity contribution in [3.05, 3.63) is 42.5 Å². The van der Waals surface area contributed by atoms with E-state index in [0.29, 0.717) is 13.2 Å². The summed E-state index contributed by atoms with van der Waals surface area (Å²) in [6.07, 6.45) is 5.83. The van der Waals surface area contributed by atoms with E-state index in [9.17, 15) is 5.11 Å². The van der Waals surface area contributed by atoms with Crippen LogP contribution in [0.5, 0.6) is 5.75 Å². The van der Waals surface area contributed by atoms with E-state index < -0.39 is 5.60 Å². The summed E-state index contributed by atoms with van der Waals surface area (Å²) in [7, 11) is 0. The van der Waals surface area contributed by atoms with Crippen molar-refractivity contribution in [3.63, 3.8) is 0 Å². The van der Waals surface area contributed by atoms with Crippen molar-refractivity contribution in [1.29, 1.82) is 0 Å². The fraction of sp³-hybridized carbons (Fsp3) is 0.556. The number of benzene rings is 1. The molecule has 1 aliphatic rings. The summed E-state index contributed by atoms with van der Waals surface area (Å²) in [5.41, 5.74) is 0.688. The topological polar surface area (TPSA) is 41.5 Å². The number of nitrogens with one attached hydrogen (secondary N) is 1. The minimum absolute atomic E-state index is 0.514. The van der Waals surface area contributed by atoms with Crippen molar-refractivity contribution in [1.82, 2.24) is 5.32 Å². The lowest BCUT2D eigenvalue weighted by Gasteiger charge is -2.35. The van der Waals surface area contributed by atoms with Gasteiger partial charge in [0.05, 0.1) is 5.60 Å². The highest BCUT2D eigenvalue weighted by Crippen LogP contribution is 2.31.